The molecular formula is C11H5F3O3. The molecule has 0 fully saturated rings. The van der Waals surface area contributed by atoms with Gasteiger partial charge < -0.3 is 4.42 Å². The van der Waals surface area contributed by atoms with E-state index in [0.29, 0.717) is 6.07 Å². The second-order valence-electron chi connectivity index (χ2n) is 3.30. The zero-order chi connectivity index (χ0) is 12.6. The first kappa shape index (κ1) is 11.4. The number of hydrogen-bond donors (Lipinski definition) is 0. The fourth-order valence-electron chi connectivity index (χ4n) is 1.45. The lowest BCUT2D eigenvalue weighted by molar-refractivity contribution is -0.0884. The number of carbonyl (C=O) groups is 1. The van der Waals surface area contributed by atoms with E-state index in [1.54, 1.807) is 0 Å². The summed E-state index contributed by atoms with van der Waals surface area (Å²) in [7, 11) is 0. The third-order valence-electron chi connectivity index (χ3n) is 2.15. The van der Waals surface area contributed by atoms with Gasteiger partial charge in [0.1, 0.15) is 5.58 Å². The van der Waals surface area contributed by atoms with Crippen molar-refractivity contribution >= 4 is 16.8 Å². The Kier molecular flexibility index (Phi) is 2.49. The first-order valence-corrected chi connectivity index (χ1v) is 4.54. The molecule has 0 bridgehead atoms. The second-order valence-corrected chi connectivity index (χ2v) is 3.30. The average Bonchev–Trinajstić information content (AvgIpc) is 2.25. The Labute approximate surface area is 92.5 Å². The van der Waals surface area contributed by atoms with Crippen LogP contribution >= 0.6 is 0 Å². The third kappa shape index (κ3) is 2.06. The van der Waals surface area contributed by atoms with Crippen LogP contribution in [0.4, 0.5) is 13.2 Å². The van der Waals surface area contributed by atoms with Crippen LogP contribution in [-0.4, -0.2) is 12.0 Å². The van der Waals surface area contributed by atoms with Gasteiger partial charge in [0, 0.05) is 17.0 Å². The van der Waals surface area contributed by atoms with Crippen LogP contribution in [-0.2, 0) is 0 Å². The molecule has 0 aliphatic carbocycles. The SMILES string of the molecule is O=C(c1cc(=O)oc2ccccc12)C(F)(F)F. The van der Waals surface area contributed by atoms with Gasteiger partial charge in [-0.3, -0.25) is 4.79 Å². The number of benzene rings is 1. The van der Waals surface area contributed by atoms with Crippen molar-refractivity contribution in [2.45, 2.75) is 6.18 Å². The first-order valence-electron chi connectivity index (χ1n) is 4.54. The highest BCUT2D eigenvalue weighted by Gasteiger charge is 2.40. The fraction of sp³-hybridized carbons (Fsp3) is 0.0909. The van der Waals surface area contributed by atoms with Crippen molar-refractivity contribution in [1.82, 2.24) is 0 Å². The first-order chi connectivity index (χ1) is 7.89. The lowest BCUT2D eigenvalue weighted by atomic mass is 10.1. The molecule has 6 heteroatoms. The predicted molar refractivity (Wildman–Crippen MR) is 52.9 cm³/mol. The average molecular weight is 242 g/mol. The molecule has 0 N–H and O–H groups in total. The largest absolute Gasteiger partial charge is 0.454 e. The van der Waals surface area contributed by atoms with Gasteiger partial charge in [-0.1, -0.05) is 18.2 Å². The minimum absolute atomic E-state index is 0.0329. The van der Waals surface area contributed by atoms with Crippen LogP contribution in [0.2, 0.25) is 0 Å². The standard InChI is InChI=1S/C11H5F3O3/c12-11(13,14)10(16)7-5-9(15)17-8-4-2-1-3-6(7)8/h1-5H. The number of carbonyl (C=O) groups excluding carboxylic acids is 1. The summed E-state index contributed by atoms with van der Waals surface area (Å²) in [4.78, 5) is 22.2. The topological polar surface area (TPSA) is 47.3 Å². The molecule has 2 aromatic rings. The molecule has 2 rings (SSSR count). The van der Waals surface area contributed by atoms with Crippen molar-refractivity contribution in [3.05, 3.63) is 46.3 Å². The molecule has 3 nitrogen and oxygen atoms in total. The monoisotopic (exact) mass is 242 g/mol. The Balaban J connectivity index is 2.77. The minimum atomic E-state index is -5.02. The minimum Gasteiger partial charge on any atom is -0.423 e. The maximum Gasteiger partial charge on any atom is 0.454 e. The predicted octanol–water partition coefficient (Wildman–Crippen LogP) is 2.54. The fourth-order valence-corrected chi connectivity index (χ4v) is 1.45. The smallest absolute Gasteiger partial charge is 0.423 e. The summed E-state index contributed by atoms with van der Waals surface area (Å²) in [6, 6.07) is 6.11. The zero-order valence-corrected chi connectivity index (χ0v) is 8.25. The van der Waals surface area contributed by atoms with Gasteiger partial charge in [-0.2, -0.15) is 13.2 Å². The number of fused-ring (bicyclic) bond motifs is 1. The summed E-state index contributed by atoms with van der Waals surface area (Å²) >= 11 is 0. The number of ketones is 1. The molecule has 1 aromatic carbocycles. The molecule has 17 heavy (non-hydrogen) atoms. The van der Waals surface area contributed by atoms with E-state index in [1.807, 2.05) is 0 Å². The van der Waals surface area contributed by atoms with Gasteiger partial charge in [0.25, 0.3) is 5.78 Å². The van der Waals surface area contributed by atoms with Crippen LogP contribution in [0.3, 0.4) is 0 Å². The molecule has 0 spiro atoms. The molecule has 0 radical (unpaired) electrons. The Morgan fingerprint density at radius 2 is 1.82 bits per heavy atom. The van der Waals surface area contributed by atoms with Crippen LogP contribution in [0.25, 0.3) is 11.0 Å². The van der Waals surface area contributed by atoms with Gasteiger partial charge in [-0.15, -0.1) is 0 Å². The van der Waals surface area contributed by atoms with Crippen molar-refractivity contribution in [1.29, 1.82) is 0 Å². The van der Waals surface area contributed by atoms with Crippen molar-refractivity contribution in [2.75, 3.05) is 0 Å². The number of hydrogen-bond acceptors (Lipinski definition) is 3. The van der Waals surface area contributed by atoms with E-state index in [4.69, 9.17) is 0 Å². The van der Waals surface area contributed by atoms with Gasteiger partial charge in [-0.25, -0.2) is 4.79 Å². The zero-order valence-electron chi connectivity index (χ0n) is 8.25. The molecule has 1 aromatic heterocycles. The molecule has 88 valence electrons. The Hall–Kier alpha value is -2.11. The maximum atomic E-state index is 12.3. The molecule has 0 saturated heterocycles. The normalized spacial score (nSPS) is 11.7. The van der Waals surface area contributed by atoms with E-state index in [9.17, 15) is 22.8 Å². The molecule has 0 amide bonds. The van der Waals surface area contributed by atoms with E-state index in [1.165, 1.54) is 24.3 Å². The number of halogens is 3. The van der Waals surface area contributed by atoms with Crippen LogP contribution in [0.1, 0.15) is 10.4 Å². The van der Waals surface area contributed by atoms with Crippen molar-refractivity contribution in [3.63, 3.8) is 0 Å². The van der Waals surface area contributed by atoms with Crippen molar-refractivity contribution in [3.8, 4) is 0 Å². The van der Waals surface area contributed by atoms with E-state index in [-0.39, 0.29) is 11.0 Å². The lowest BCUT2D eigenvalue weighted by Crippen LogP contribution is -2.24. The van der Waals surface area contributed by atoms with E-state index >= 15 is 0 Å². The summed E-state index contributed by atoms with van der Waals surface area (Å²) in [5.74, 6) is -2.05. The summed E-state index contributed by atoms with van der Waals surface area (Å²) in [6.07, 6.45) is -5.02. The molecule has 0 unspecified atom stereocenters. The quantitative estimate of drug-likeness (QED) is 0.570. The Morgan fingerprint density at radius 1 is 1.18 bits per heavy atom. The molecule has 0 atom stereocenters. The van der Waals surface area contributed by atoms with Crippen LogP contribution in [0, 0.1) is 0 Å². The number of alkyl halides is 3. The third-order valence-corrected chi connectivity index (χ3v) is 2.15. The second kappa shape index (κ2) is 3.73. The van der Waals surface area contributed by atoms with Gasteiger partial charge in [-0.05, 0) is 6.07 Å². The lowest BCUT2D eigenvalue weighted by Gasteiger charge is -2.06. The highest BCUT2D eigenvalue weighted by molar-refractivity contribution is 6.09. The highest BCUT2D eigenvalue weighted by Crippen LogP contribution is 2.25. The van der Waals surface area contributed by atoms with Crippen LogP contribution in [0.5, 0.6) is 0 Å². The van der Waals surface area contributed by atoms with Gasteiger partial charge in [0.15, 0.2) is 0 Å². The van der Waals surface area contributed by atoms with Gasteiger partial charge in [0.2, 0.25) is 0 Å². The van der Waals surface area contributed by atoms with Crippen molar-refractivity contribution < 1.29 is 22.4 Å². The summed E-state index contributed by atoms with van der Waals surface area (Å²) in [5.41, 5.74) is -1.73. The summed E-state index contributed by atoms with van der Waals surface area (Å²) in [6.45, 7) is 0. The van der Waals surface area contributed by atoms with Gasteiger partial charge >= 0.3 is 11.8 Å². The summed E-state index contributed by atoms with van der Waals surface area (Å²) < 4.78 is 41.6. The number of para-hydroxylation sites is 1. The summed E-state index contributed by atoms with van der Waals surface area (Å²) in [5, 5.41) is -0.0329. The van der Waals surface area contributed by atoms with E-state index in [0.717, 1.165) is 0 Å². The molecule has 1 heterocycles. The maximum absolute atomic E-state index is 12.3. The van der Waals surface area contributed by atoms with Crippen LogP contribution in [0.15, 0.2) is 39.5 Å². The highest BCUT2D eigenvalue weighted by atomic mass is 19.4. The van der Waals surface area contributed by atoms with Crippen LogP contribution < -0.4 is 5.63 Å². The van der Waals surface area contributed by atoms with Gasteiger partial charge in [0.05, 0.1) is 0 Å². The Bertz CT molecular complexity index is 640. The molecule has 0 aliphatic heterocycles. The molecule has 0 aliphatic rings. The number of Topliss-reactive ketones (excluding diaryl/α,β-unsaturated/α-hetero) is 1. The molecule has 0 saturated carbocycles. The Morgan fingerprint density at radius 3 is 2.47 bits per heavy atom. The molecular weight excluding hydrogens is 237 g/mol. The van der Waals surface area contributed by atoms with E-state index in [2.05, 4.69) is 4.42 Å². The van der Waals surface area contributed by atoms with Crippen molar-refractivity contribution in [2.24, 2.45) is 0 Å². The van der Waals surface area contributed by atoms with E-state index < -0.39 is 23.1 Å². The number of rotatable bonds is 1.